The molecule has 25 heavy (non-hydrogen) atoms. The van der Waals surface area contributed by atoms with Crippen LogP contribution in [0.2, 0.25) is 0 Å². The molecule has 0 aromatic heterocycles. The Morgan fingerprint density at radius 1 is 1.28 bits per heavy atom. The first-order valence-corrected chi connectivity index (χ1v) is 8.48. The van der Waals surface area contributed by atoms with E-state index in [4.69, 9.17) is 4.74 Å². The summed E-state index contributed by atoms with van der Waals surface area (Å²) < 4.78 is 18.9. The second kappa shape index (κ2) is 6.86. The van der Waals surface area contributed by atoms with Crippen molar-refractivity contribution in [2.24, 2.45) is 5.41 Å². The first-order chi connectivity index (χ1) is 12.0. The SMILES string of the molecule is COc1cc(F)cc(C2CCCN(C(=O)C3(C(=O)O)CC=CC3)C2)c1. The van der Waals surface area contributed by atoms with Gasteiger partial charge in [-0.3, -0.25) is 9.59 Å². The Labute approximate surface area is 146 Å². The molecule has 3 rings (SSSR count). The number of methoxy groups -OCH3 is 1. The van der Waals surface area contributed by atoms with E-state index in [2.05, 4.69) is 0 Å². The van der Waals surface area contributed by atoms with Gasteiger partial charge in [-0.1, -0.05) is 12.2 Å². The smallest absolute Gasteiger partial charge is 0.319 e. The summed E-state index contributed by atoms with van der Waals surface area (Å²) in [6.07, 6.45) is 5.56. The van der Waals surface area contributed by atoms with Crippen molar-refractivity contribution in [1.82, 2.24) is 4.90 Å². The molecule has 1 saturated heterocycles. The molecule has 1 aromatic rings. The quantitative estimate of drug-likeness (QED) is 0.672. The van der Waals surface area contributed by atoms with Crippen LogP contribution in [0.1, 0.15) is 37.2 Å². The van der Waals surface area contributed by atoms with Crippen LogP contribution < -0.4 is 4.74 Å². The standard InChI is InChI=1S/C19H22FNO4/c1-25-16-10-14(9-15(20)11-16)13-5-4-8-21(12-13)17(22)19(18(23)24)6-2-3-7-19/h2-3,9-11,13H,4-8,12H2,1H3,(H,23,24). The minimum atomic E-state index is -1.37. The highest BCUT2D eigenvalue weighted by molar-refractivity contribution is 6.02. The van der Waals surface area contributed by atoms with E-state index in [1.165, 1.54) is 19.2 Å². The molecule has 0 radical (unpaired) electrons. The van der Waals surface area contributed by atoms with Crippen LogP contribution in [-0.2, 0) is 9.59 Å². The largest absolute Gasteiger partial charge is 0.497 e. The maximum absolute atomic E-state index is 13.8. The van der Waals surface area contributed by atoms with Gasteiger partial charge in [-0.25, -0.2) is 4.39 Å². The Morgan fingerprint density at radius 3 is 2.64 bits per heavy atom. The molecule has 1 amide bonds. The Kier molecular flexibility index (Phi) is 4.79. The lowest BCUT2D eigenvalue weighted by molar-refractivity contribution is -0.160. The number of carboxylic acids is 1. The van der Waals surface area contributed by atoms with E-state index in [0.29, 0.717) is 18.8 Å². The molecule has 134 valence electrons. The van der Waals surface area contributed by atoms with Crippen LogP contribution >= 0.6 is 0 Å². The summed E-state index contributed by atoms with van der Waals surface area (Å²) in [5.74, 6) is -1.36. The van der Waals surface area contributed by atoms with Crippen LogP contribution in [-0.4, -0.2) is 42.1 Å². The summed E-state index contributed by atoms with van der Waals surface area (Å²) in [6.45, 7) is 0.942. The number of rotatable bonds is 4. The monoisotopic (exact) mass is 347 g/mol. The van der Waals surface area contributed by atoms with E-state index in [0.717, 1.165) is 18.4 Å². The number of benzene rings is 1. The highest BCUT2D eigenvalue weighted by Gasteiger charge is 2.49. The maximum Gasteiger partial charge on any atom is 0.319 e. The van der Waals surface area contributed by atoms with E-state index in [-0.39, 0.29) is 30.5 Å². The number of halogens is 1. The van der Waals surface area contributed by atoms with Crippen LogP contribution in [0.25, 0.3) is 0 Å². The molecule has 1 aliphatic heterocycles. The van der Waals surface area contributed by atoms with E-state index in [9.17, 15) is 19.1 Å². The number of ether oxygens (including phenoxy) is 1. The van der Waals surface area contributed by atoms with Gasteiger partial charge < -0.3 is 14.7 Å². The lowest BCUT2D eigenvalue weighted by atomic mass is 9.82. The predicted octanol–water partition coefficient (Wildman–Crippen LogP) is 2.96. The van der Waals surface area contributed by atoms with Gasteiger partial charge in [-0.15, -0.1) is 0 Å². The highest BCUT2D eigenvalue weighted by Crippen LogP contribution is 2.38. The van der Waals surface area contributed by atoms with Crippen LogP contribution in [0.5, 0.6) is 5.75 Å². The van der Waals surface area contributed by atoms with Crippen LogP contribution in [0, 0.1) is 11.2 Å². The van der Waals surface area contributed by atoms with Crippen molar-refractivity contribution in [3.63, 3.8) is 0 Å². The number of amides is 1. The third-order valence-electron chi connectivity index (χ3n) is 5.23. The number of nitrogens with zero attached hydrogens (tertiary/aromatic N) is 1. The summed E-state index contributed by atoms with van der Waals surface area (Å²) in [7, 11) is 1.49. The summed E-state index contributed by atoms with van der Waals surface area (Å²) >= 11 is 0. The van der Waals surface area contributed by atoms with Crippen LogP contribution in [0.4, 0.5) is 4.39 Å². The van der Waals surface area contributed by atoms with Gasteiger partial charge in [0.1, 0.15) is 11.6 Å². The summed E-state index contributed by atoms with van der Waals surface area (Å²) in [4.78, 5) is 26.3. The van der Waals surface area contributed by atoms with Crippen molar-refractivity contribution in [1.29, 1.82) is 0 Å². The fraction of sp³-hybridized carbons (Fsp3) is 0.474. The topological polar surface area (TPSA) is 66.8 Å². The zero-order chi connectivity index (χ0) is 18.0. The molecule has 1 heterocycles. The molecule has 1 aromatic carbocycles. The summed E-state index contributed by atoms with van der Waals surface area (Å²) in [5.41, 5.74) is -0.593. The van der Waals surface area contributed by atoms with Crippen molar-refractivity contribution in [3.8, 4) is 5.75 Å². The maximum atomic E-state index is 13.8. The second-order valence-electron chi connectivity index (χ2n) is 6.78. The number of carbonyl (C=O) groups is 2. The molecular formula is C19H22FNO4. The van der Waals surface area contributed by atoms with Gasteiger partial charge in [0.25, 0.3) is 0 Å². The molecule has 1 N–H and O–H groups in total. The van der Waals surface area contributed by atoms with Gasteiger partial charge in [-0.05, 0) is 43.4 Å². The van der Waals surface area contributed by atoms with Crippen LogP contribution in [0.3, 0.4) is 0 Å². The Hall–Kier alpha value is -2.37. The third-order valence-corrected chi connectivity index (χ3v) is 5.23. The molecule has 6 heteroatoms. The molecule has 2 aliphatic rings. The van der Waals surface area contributed by atoms with Crippen LogP contribution in [0.15, 0.2) is 30.4 Å². The molecule has 1 atom stereocenters. The van der Waals surface area contributed by atoms with E-state index >= 15 is 0 Å². The molecule has 0 spiro atoms. The molecule has 5 nitrogen and oxygen atoms in total. The zero-order valence-corrected chi connectivity index (χ0v) is 14.2. The number of hydrogen-bond donors (Lipinski definition) is 1. The van der Waals surface area contributed by atoms with Gasteiger partial charge in [0.2, 0.25) is 5.91 Å². The van der Waals surface area contributed by atoms with Crippen molar-refractivity contribution in [3.05, 3.63) is 41.7 Å². The Morgan fingerprint density at radius 2 is 2.00 bits per heavy atom. The minimum Gasteiger partial charge on any atom is -0.497 e. The van der Waals surface area contributed by atoms with Crippen molar-refractivity contribution in [2.45, 2.75) is 31.6 Å². The van der Waals surface area contributed by atoms with Gasteiger partial charge in [-0.2, -0.15) is 0 Å². The van der Waals surface area contributed by atoms with Gasteiger partial charge in [0.05, 0.1) is 7.11 Å². The summed E-state index contributed by atoms with van der Waals surface area (Å²) in [6, 6.07) is 4.57. The molecule has 1 fully saturated rings. The number of allylic oxidation sites excluding steroid dienone is 2. The van der Waals surface area contributed by atoms with E-state index < -0.39 is 11.4 Å². The third kappa shape index (κ3) is 3.25. The lowest BCUT2D eigenvalue weighted by Crippen LogP contribution is -2.50. The lowest BCUT2D eigenvalue weighted by Gasteiger charge is -2.37. The average Bonchev–Trinajstić information content (AvgIpc) is 3.12. The van der Waals surface area contributed by atoms with E-state index in [1.807, 2.05) is 0 Å². The molecule has 0 saturated carbocycles. The first kappa shape index (κ1) is 17.5. The Balaban J connectivity index is 1.80. The zero-order valence-electron chi connectivity index (χ0n) is 14.2. The first-order valence-electron chi connectivity index (χ1n) is 8.48. The van der Waals surface area contributed by atoms with Gasteiger partial charge >= 0.3 is 5.97 Å². The molecular weight excluding hydrogens is 325 g/mol. The molecule has 0 bridgehead atoms. The number of piperidine rings is 1. The van der Waals surface area contributed by atoms with E-state index in [1.54, 1.807) is 23.1 Å². The summed E-state index contributed by atoms with van der Waals surface area (Å²) in [5, 5.41) is 9.60. The van der Waals surface area contributed by atoms with Gasteiger partial charge in [0.15, 0.2) is 5.41 Å². The van der Waals surface area contributed by atoms with Crippen molar-refractivity contribution < 1.29 is 23.8 Å². The predicted molar refractivity (Wildman–Crippen MR) is 89.9 cm³/mol. The fourth-order valence-corrected chi connectivity index (χ4v) is 3.77. The fourth-order valence-electron chi connectivity index (χ4n) is 3.77. The number of likely N-dealkylation sites (tertiary alicyclic amines) is 1. The number of carbonyl (C=O) groups excluding carboxylic acids is 1. The van der Waals surface area contributed by atoms with Crippen molar-refractivity contribution in [2.75, 3.05) is 20.2 Å². The number of aliphatic carboxylic acids is 1. The normalized spacial score (nSPS) is 22.0. The second-order valence-corrected chi connectivity index (χ2v) is 6.78. The Bertz CT molecular complexity index is 707. The minimum absolute atomic E-state index is 0.0255. The van der Waals surface area contributed by atoms with Crippen molar-refractivity contribution >= 4 is 11.9 Å². The number of hydrogen-bond acceptors (Lipinski definition) is 3. The molecule has 1 aliphatic carbocycles. The van der Waals surface area contributed by atoms with Gasteiger partial charge in [0, 0.05) is 25.1 Å². The number of carboxylic acid groups (broad SMARTS) is 1. The highest BCUT2D eigenvalue weighted by atomic mass is 19.1. The average molecular weight is 347 g/mol. The molecule has 1 unspecified atom stereocenters.